The van der Waals surface area contributed by atoms with E-state index in [0.29, 0.717) is 18.8 Å². The van der Waals surface area contributed by atoms with E-state index in [4.69, 9.17) is 0 Å². The number of carbonyl (C=O) groups excluding carboxylic acids is 1. The van der Waals surface area contributed by atoms with Crippen LogP contribution in [0.2, 0.25) is 0 Å². The van der Waals surface area contributed by atoms with Crippen LogP contribution in [0.5, 0.6) is 0 Å². The zero-order valence-electron chi connectivity index (χ0n) is 13.5. The summed E-state index contributed by atoms with van der Waals surface area (Å²) in [6.07, 6.45) is 5.50. The van der Waals surface area contributed by atoms with Gasteiger partial charge in [0.1, 0.15) is 10.7 Å². The highest BCUT2D eigenvalue weighted by Crippen LogP contribution is 2.24. The molecule has 0 bridgehead atoms. The topological polar surface area (TPSA) is 79.4 Å². The van der Waals surface area contributed by atoms with Crippen LogP contribution in [0.3, 0.4) is 0 Å². The van der Waals surface area contributed by atoms with Crippen molar-refractivity contribution in [3.05, 3.63) is 54.1 Å². The third-order valence-electron chi connectivity index (χ3n) is 4.05. The molecule has 0 unspecified atom stereocenters. The lowest BCUT2D eigenvalue weighted by atomic mass is 10.2. The van der Waals surface area contributed by atoms with Crippen molar-refractivity contribution < 1.29 is 17.6 Å². The number of piperidine rings is 1. The van der Waals surface area contributed by atoms with Crippen molar-refractivity contribution in [3.8, 4) is 0 Å². The Morgan fingerprint density at radius 3 is 2.60 bits per heavy atom. The summed E-state index contributed by atoms with van der Waals surface area (Å²) in [6, 6.07) is 6.67. The number of anilines is 1. The quantitative estimate of drug-likeness (QED) is 0.906. The first-order valence-corrected chi connectivity index (χ1v) is 9.43. The third-order valence-corrected chi connectivity index (χ3v) is 5.96. The van der Waals surface area contributed by atoms with Crippen LogP contribution in [0.15, 0.2) is 47.6 Å². The Bertz CT molecular complexity index is 866. The van der Waals surface area contributed by atoms with Gasteiger partial charge in [0, 0.05) is 24.8 Å². The normalized spacial score (nSPS) is 15.7. The Labute approximate surface area is 145 Å². The number of hydrogen-bond acceptors (Lipinski definition) is 4. The predicted molar refractivity (Wildman–Crippen MR) is 91.2 cm³/mol. The Morgan fingerprint density at radius 1 is 1.16 bits per heavy atom. The van der Waals surface area contributed by atoms with E-state index in [2.05, 4.69) is 10.3 Å². The van der Waals surface area contributed by atoms with E-state index >= 15 is 0 Å². The number of pyridine rings is 1. The van der Waals surface area contributed by atoms with Gasteiger partial charge in [-0.2, -0.15) is 4.31 Å². The number of carbonyl (C=O) groups is 1. The highest BCUT2D eigenvalue weighted by molar-refractivity contribution is 7.89. The molecule has 1 saturated heterocycles. The molecule has 1 aromatic carbocycles. The van der Waals surface area contributed by atoms with Gasteiger partial charge in [-0.25, -0.2) is 12.8 Å². The van der Waals surface area contributed by atoms with Gasteiger partial charge in [-0.05, 0) is 43.2 Å². The van der Waals surface area contributed by atoms with E-state index in [1.54, 1.807) is 18.3 Å². The third kappa shape index (κ3) is 3.85. The molecule has 2 aromatic rings. The van der Waals surface area contributed by atoms with E-state index in [0.717, 1.165) is 31.4 Å². The van der Waals surface area contributed by atoms with Crippen LogP contribution in [0, 0.1) is 5.82 Å². The number of aromatic nitrogens is 1. The molecule has 0 atom stereocenters. The Hall–Kier alpha value is -2.32. The number of hydrogen-bond donors (Lipinski definition) is 1. The summed E-state index contributed by atoms with van der Waals surface area (Å²) in [5.41, 5.74) is 0.540. The Morgan fingerprint density at radius 2 is 1.92 bits per heavy atom. The van der Waals surface area contributed by atoms with E-state index < -0.39 is 26.6 Å². The molecule has 6 nitrogen and oxygen atoms in total. The zero-order valence-corrected chi connectivity index (χ0v) is 14.3. The summed E-state index contributed by atoms with van der Waals surface area (Å²) < 4.78 is 40.8. The summed E-state index contributed by atoms with van der Waals surface area (Å²) in [7, 11) is -3.96. The number of rotatable bonds is 4. The van der Waals surface area contributed by atoms with E-state index in [1.165, 1.54) is 16.6 Å². The highest BCUT2D eigenvalue weighted by atomic mass is 32.2. The fraction of sp³-hybridized carbons (Fsp3) is 0.294. The molecule has 2 heterocycles. The summed E-state index contributed by atoms with van der Waals surface area (Å²) >= 11 is 0. The first-order valence-electron chi connectivity index (χ1n) is 7.99. The molecule has 25 heavy (non-hydrogen) atoms. The number of amides is 1. The van der Waals surface area contributed by atoms with Gasteiger partial charge in [0.25, 0.3) is 5.91 Å². The zero-order chi connectivity index (χ0) is 17.9. The number of nitrogens with one attached hydrogen (secondary N) is 1. The second kappa shape index (κ2) is 7.28. The average Bonchev–Trinajstić information content (AvgIpc) is 2.63. The van der Waals surface area contributed by atoms with Crippen LogP contribution < -0.4 is 5.32 Å². The highest BCUT2D eigenvalue weighted by Gasteiger charge is 2.29. The molecule has 1 aromatic heterocycles. The summed E-state index contributed by atoms with van der Waals surface area (Å²) in [5, 5.41) is 2.60. The summed E-state index contributed by atoms with van der Waals surface area (Å²) in [6.45, 7) is 0.738. The maximum absolute atomic E-state index is 14.2. The number of nitrogens with zero attached hydrogens (tertiary/aromatic N) is 2. The molecule has 0 saturated carbocycles. The number of halogens is 1. The van der Waals surface area contributed by atoms with Gasteiger partial charge < -0.3 is 5.32 Å². The summed E-state index contributed by atoms with van der Waals surface area (Å²) in [4.78, 5) is 15.7. The van der Waals surface area contributed by atoms with E-state index in [1.807, 2.05) is 0 Å². The summed E-state index contributed by atoms with van der Waals surface area (Å²) in [5.74, 6) is -1.38. The molecule has 3 rings (SSSR count). The predicted octanol–water partition coefficient (Wildman–Crippen LogP) is 2.65. The van der Waals surface area contributed by atoms with Gasteiger partial charge in [-0.15, -0.1) is 0 Å². The van der Waals surface area contributed by atoms with Crippen LogP contribution >= 0.6 is 0 Å². The van der Waals surface area contributed by atoms with Crippen LogP contribution in [0.4, 0.5) is 10.1 Å². The van der Waals surface area contributed by atoms with Crippen molar-refractivity contribution in [2.75, 3.05) is 18.4 Å². The largest absolute Gasteiger partial charge is 0.321 e. The van der Waals surface area contributed by atoms with E-state index in [9.17, 15) is 17.6 Å². The average molecular weight is 363 g/mol. The molecule has 0 spiro atoms. The lowest BCUT2D eigenvalue weighted by Gasteiger charge is -2.26. The molecule has 1 fully saturated rings. The molecule has 1 aliphatic heterocycles. The van der Waals surface area contributed by atoms with E-state index in [-0.39, 0.29) is 5.56 Å². The van der Waals surface area contributed by atoms with Crippen molar-refractivity contribution in [2.45, 2.75) is 24.2 Å². The minimum absolute atomic E-state index is 0.0702. The van der Waals surface area contributed by atoms with Crippen molar-refractivity contribution in [1.82, 2.24) is 9.29 Å². The van der Waals surface area contributed by atoms with Gasteiger partial charge in [0.05, 0.1) is 11.9 Å². The maximum atomic E-state index is 14.2. The fourth-order valence-electron chi connectivity index (χ4n) is 2.73. The van der Waals surface area contributed by atoms with Gasteiger partial charge in [0.2, 0.25) is 10.0 Å². The van der Waals surface area contributed by atoms with Crippen LogP contribution in [0.25, 0.3) is 0 Å². The van der Waals surface area contributed by atoms with Gasteiger partial charge in [-0.3, -0.25) is 9.78 Å². The van der Waals surface area contributed by atoms with Crippen molar-refractivity contribution in [2.24, 2.45) is 0 Å². The minimum atomic E-state index is -3.96. The van der Waals surface area contributed by atoms with Crippen LogP contribution in [0.1, 0.15) is 29.6 Å². The maximum Gasteiger partial charge on any atom is 0.255 e. The fourth-order valence-corrected chi connectivity index (χ4v) is 4.33. The first kappa shape index (κ1) is 17.5. The molecule has 1 N–H and O–H groups in total. The van der Waals surface area contributed by atoms with Gasteiger partial charge in [0.15, 0.2) is 0 Å². The number of sulfonamides is 1. The molecular weight excluding hydrogens is 345 g/mol. The molecule has 1 aliphatic rings. The molecule has 0 aliphatic carbocycles. The van der Waals surface area contributed by atoms with Gasteiger partial charge >= 0.3 is 0 Å². The monoisotopic (exact) mass is 363 g/mol. The minimum Gasteiger partial charge on any atom is -0.321 e. The molecule has 0 radical (unpaired) electrons. The van der Waals surface area contributed by atoms with Crippen LogP contribution in [-0.4, -0.2) is 36.7 Å². The Kier molecular flexibility index (Phi) is 5.10. The van der Waals surface area contributed by atoms with Gasteiger partial charge in [-0.1, -0.05) is 6.42 Å². The standard InChI is InChI=1S/C17H18FN3O3S/c18-15-7-6-13(17(22)20-14-5-4-8-19-12-14)11-16(15)25(23,24)21-9-2-1-3-10-21/h4-8,11-12H,1-3,9-10H2,(H,20,22). The SMILES string of the molecule is O=C(Nc1cccnc1)c1ccc(F)c(S(=O)(=O)N2CCCCC2)c1. The molecule has 8 heteroatoms. The molecule has 132 valence electrons. The van der Waals surface area contributed by atoms with Crippen LogP contribution in [-0.2, 0) is 10.0 Å². The molecular formula is C17H18FN3O3S. The Balaban J connectivity index is 1.88. The molecule has 1 amide bonds. The second-order valence-electron chi connectivity index (χ2n) is 5.81. The lowest BCUT2D eigenvalue weighted by molar-refractivity contribution is 0.102. The van der Waals surface area contributed by atoms with Crippen molar-refractivity contribution in [3.63, 3.8) is 0 Å². The lowest BCUT2D eigenvalue weighted by Crippen LogP contribution is -2.36. The smallest absolute Gasteiger partial charge is 0.255 e. The van der Waals surface area contributed by atoms with Crippen molar-refractivity contribution >= 4 is 21.6 Å². The second-order valence-corrected chi connectivity index (χ2v) is 7.71. The first-order chi connectivity index (χ1) is 12.0. The van der Waals surface area contributed by atoms with Crippen molar-refractivity contribution in [1.29, 1.82) is 0 Å². The number of benzene rings is 1.